The number of rotatable bonds is 2. The van der Waals surface area contributed by atoms with Crippen molar-refractivity contribution in [2.45, 2.75) is 16.7 Å². The maximum atomic E-state index is 11.4. The van der Waals surface area contributed by atoms with E-state index in [2.05, 4.69) is 17.4 Å². The third-order valence-electron chi connectivity index (χ3n) is 1.72. The van der Waals surface area contributed by atoms with Gasteiger partial charge < -0.3 is 0 Å². The second kappa shape index (κ2) is 3.69. The van der Waals surface area contributed by atoms with E-state index < -0.39 is 10.0 Å². The van der Waals surface area contributed by atoms with E-state index >= 15 is 0 Å². The highest BCUT2D eigenvalue weighted by Crippen LogP contribution is 2.17. The first-order valence-electron chi connectivity index (χ1n) is 3.70. The highest BCUT2D eigenvalue weighted by atomic mass is 32.2. The molecular weight excluding hydrogens is 206 g/mol. The highest BCUT2D eigenvalue weighted by molar-refractivity contribution is 7.89. The minimum Gasteiger partial charge on any atom is -0.214 e. The van der Waals surface area contributed by atoms with Crippen LogP contribution in [0.3, 0.4) is 0 Å². The van der Waals surface area contributed by atoms with Crippen LogP contribution in [0.5, 0.6) is 0 Å². The van der Waals surface area contributed by atoms with E-state index in [0.717, 1.165) is 4.90 Å². The summed E-state index contributed by atoms with van der Waals surface area (Å²) in [6.07, 6.45) is 0. The van der Waals surface area contributed by atoms with Crippen molar-refractivity contribution >= 4 is 22.7 Å². The van der Waals surface area contributed by atoms with Gasteiger partial charge in [0.2, 0.25) is 10.0 Å². The summed E-state index contributed by atoms with van der Waals surface area (Å²) in [5.41, 5.74) is 0.696. The standard InChI is InChI=1S/C8H11NO2S2/c1-6-5-7(12)3-4-8(6)13(10,11)9-2/h3-5,9,12H,1-2H3. The van der Waals surface area contributed by atoms with Crippen LogP contribution < -0.4 is 4.72 Å². The van der Waals surface area contributed by atoms with Crippen molar-refractivity contribution in [2.75, 3.05) is 7.05 Å². The van der Waals surface area contributed by atoms with Gasteiger partial charge in [0.25, 0.3) is 0 Å². The lowest BCUT2D eigenvalue weighted by atomic mass is 10.2. The van der Waals surface area contributed by atoms with Crippen LogP contribution in [-0.4, -0.2) is 15.5 Å². The van der Waals surface area contributed by atoms with Crippen molar-refractivity contribution in [3.63, 3.8) is 0 Å². The summed E-state index contributed by atoms with van der Waals surface area (Å²) in [6.45, 7) is 1.74. The number of aryl methyl sites for hydroxylation is 1. The molecule has 1 aromatic rings. The van der Waals surface area contributed by atoms with Crippen molar-refractivity contribution in [2.24, 2.45) is 0 Å². The van der Waals surface area contributed by atoms with E-state index in [1.165, 1.54) is 7.05 Å². The van der Waals surface area contributed by atoms with Crippen LogP contribution in [0.4, 0.5) is 0 Å². The van der Waals surface area contributed by atoms with Crippen molar-refractivity contribution in [1.82, 2.24) is 4.72 Å². The fraction of sp³-hybridized carbons (Fsp3) is 0.250. The Morgan fingerprint density at radius 3 is 2.46 bits per heavy atom. The van der Waals surface area contributed by atoms with Gasteiger partial charge in [-0.15, -0.1) is 12.6 Å². The van der Waals surface area contributed by atoms with Crippen LogP contribution in [0.25, 0.3) is 0 Å². The molecule has 13 heavy (non-hydrogen) atoms. The van der Waals surface area contributed by atoms with Gasteiger partial charge >= 0.3 is 0 Å². The zero-order valence-corrected chi connectivity index (χ0v) is 9.11. The van der Waals surface area contributed by atoms with E-state index in [-0.39, 0.29) is 0 Å². The lowest BCUT2D eigenvalue weighted by Gasteiger charge is -2.06. The first-order valence-corrected chi connectivity index (χ1v) is 5.63. The van der Waals surface area contributed by atoms with Gasteiger partial charge in [-0.1, -0.05) is 0 Å². The average molecular weight is 217 g/mol. The molecule has 0 aromatic heterocycles. The van der Waals surface area contributed by atoms with Gasteiger partial charge in [-0.3, -0.25) is 0 Å². The predicted molar refractivity (Wildman–Crippen MR) is 54.7 cm³/mol. The van der Waals surface area contributed by atoms with E-state index in [1.807, 2.05) is 0 Å². The summed E-state index contributed by atoms with van der Waals surface area (Å²) in [7, 11) is -1.94. The molecule has 0 aliphatic carbocycles. The summed E-state index contributed by atoms with van der Waals surface area (Å²) < 4.78 is 25.1. The number of hydrogen-bond acceptors (Lipinski definition) is 3. The first kappa shape index (κ1) is 10.6. The Morgan fingerprint density at radius 2 is 2.00 bits per heavy atom. The van der Waals surface area contributed by atoms with Gasteiger partial charge in [0.15, 0.2) is 0 Å². The number of nitrogens with one attached hydrogen (secondary N) is 1. The highest BCUT2D eigenvalue weighted by Gasteiger charge is 2.13. The zero-order valence-electron chi connectivity index (χ0n) is 7.40. The minimum absolute atomic E-state index is 0.299. The fourth-order valence-corrected chi connectivity index (χ4v) is 2.26. The zero-order chi connectivity index (χ0) is 10.1. The van der Waals surface area contributed by atoms with Gasteiger partial charge in [0, 0.05) is 4.90 Å². The smallest absolute Gasteiger partial charge is 0.214 e. The maximum absolute atomic E-state index is 11.4. The number of sulfonamides is 1. The van der Waals surface area contributed by atoms with E-state index in [0.29, 0.717) is 10.5 Å². The Morgan fingerprint density at radius 1 is 1.38 bits per heavy atom. The lowest BCUT2D eigenvalue weighted by molar-refractivity contribution is 0.587. The molecule has 5 heteroatoms. The molecule has 1 N–H and O–H groups in total. The molecule has 3 nitrogen and oxygen atoms in total. The van der Waals surface area contributed by atoms with Gasteiger partial charge in [-0.25, -0.2) is 13.1 Å². The van der Waals surface area contributed by atoms with Crippen LogP contribution in [0, 0.1) is 6.92 Å². The Kier molecular flexibility index (Phi) is 3.00. The normalized spacial score (nSPS) is 11.6. The summed E-state index contributed by atoms with van der Waals surface area (Å²) in [6, 6.07) is 4.91. The largest absolute Gasteiger partial charge is 0.240 e. The Balaban J connectivity index is 3.33. The molecule has 0 aliphatic rings. The molecule has 0 unspecified atom stereocenters. The average Bonchev–Trinajstić information content (AvgIpc) is 2.03. The van der Waals surface area contributed by atoms with Crippen molar-refractivity contribution in [1.29, 1.82) is 0 Å². The lowest BCUT2D eigenvalue weighted by Crippen LogP contribution is -2.19. The van der Waals surface area contributed by atoms with Gasteiger partial charge in [0.05, 0.1) is 4.90 Å². The molecule has 1 rings (SSSR count). The second-order valence-electron chi connectivity index (χ2n) is 2.66. The topological polar surface area (TPSA) is 46.2 Å². The van der Waals surface area contributed by atoms with Crippen molar-refractivity contribution < 1.29 is 8.42 Å². The van der Waals surface area contributed by atoms with Crippen LogP contribution in [0.15, 0.2) is 28.0 Å². The first-order chi connectivity index (χ1) is 5.97. The SMILES string of the molecule is CNS(=O)(=O)c1ccc(S)cc1C. The summed E-state index contributed by atoms with van der Waals surface area (Å²) in [5.74, 6) is 0. The summed E-state index contributed by atoms with van der Waals surface area (Å²) in [4.78, 5) is 1.06. The van der Waals surface area contributed by atoms with Crippen LogP contribution in [0.2, 0.25) is 0 Å². The number of hydrogen-bond donors (Lipinski definition) is 2. The van der Waals surface area contributed by atoms with Crippen LogP contribution in [0.1, 0.15) is 5.56 Å². The Labute approximate surface area is 83.6 Å². The molecule has 0 fully saturated rings. The minimum atomic E-state index is -3.33. The van der Waals surface area contributed by atoms with Crippen LogP contribution >= 0.6 is 12.6 Å². The molecule has 0 aliphatic heterocycles. The van der Waals surface area contributed by atoms with Gasteiger partial charge in [0.1, 0.15) is 0 Å². The van der Waals surface area contributed by atoms with Gasteiger partial charge in [-0.2, -0.15) is 0 Å². The molecule has 0 amide bonds. The van der Waals surface area contributed by atoms with Crippen molar-refractivity contribution in [3.8, 4) is 0 Å². The molecule has 0 bridgehead atoms. The Bertz CT molecular complexity index is 412. The maximum Gasteiger partial charge on any atom is 0.240 e. The van der Waals surface area contributed by atoms with E-state index in [1.54, 1.807) is 25.1 Å². The summed E-state index contributed by atoms with van der Waals surface area (Å²) >= 11 is 4.11. The molecule has 1 aromatic carbocycles. The summed E-state index contributed by atoms with van der Waals surface area (Å²) in [5, 5.41) is 0. The molecule has 0 radical (unpaired) electrons. The molecule has 72 valence electrons. The quantitative estimate of drug-likeness (QED) is 0.731. The van der Waals surface area contributed by atoms with E-state index in [4.69, 9.17) is 0 Å². The molecular formula is C8H11NO2S2. The predicted octanol–water partition coefficient (Wildman–Crippen LogP) is 1.19. The molecule has 0 heterocycles. The monoisotopic (exact) mass is 217 g/mol. The molecule has 0 saturated heterocycles. The van der Waals surface area contributed by atoms with E-state index in [9.17, 15) is 8.42 Å². The van der Waals surface area contributed by atoms with Crippen LogP contribution in [-0.2, 0) is 10.0 Å². The third-order valence-corrected chi connectivity index (χ3v) is 3.57. The third kappa shape index (κ3) is 2.24. The van der Waals surface area contributed by atoms with Gasteiger partial charge in [-0.05, 0) is 37.7 Å². The number of thiol groups is 1. The second-order valence-corrected chi connectivity index (χ2v) is 5.03. The molecule has 0 atom stereocenters. The number of benzene rings is 1. The van der Waals surface area contributed by atoms with Crippen molar-refractivity contribution in [3.05, 3.63) is 23.8 Å². The molecule has 0 spiro atoms. The molecule has 0 saturated carbocycles. The fourth-order valence-electron chi connectivity index (χ4n) is 1.05. The Hall–Kier alpha value is -0.520.